The first-order valence-corrected chi connectivity index (χ1v) is 4.20. The minimum absolute atomic E-state index is 0.132. The van der Waals surface area contributed by atoms with Gasteiger partial charge in [-0.15, -0.1) is 0 Å². The van der Waals surface area contributed by atoms with Crippen LogP contribution >= 0.6 is 11.6 Å². The van der Waals surface area contributed by atoms with Crippen molar-refractivity contribution in [2.45, 2.75) is 0 Å². The fraction of sp³-hybridized carbons (Fsp3) is 0.125. The summed E-state index contributed by atoms with van der Waals surface area (Å²) in [5, 5.41) is 12.5. The maximum absolute atomic E-state index is 13.0. The third-order valence-corrected chi connectivity index (χ3v) is 2.02. The highest BCUT2D eigenvalue weighted by Gasteiger charge is 2.20. The number of nitrogens with zero attached hydrogens (tertiary/aromatic N) is 1. The quantitative estimate of drug-likeness (QED) is 0.624. The monoisotopic (exact) mass is 232 g/mol. The lowest BCUT2D eigenvalue weighted by Gasteiger charge is -2.02. The van der Waals surface area contributed by atoms with Gasteiger partial charge in [-0.05, 0) is 0 Å². The molecule has 0 aliphatic rings. The maximum Gasteiger partial charge on any atom is 0.305 e. The first-order chi connectivity index (χ1) is 6.97. The molecule has 0 radical (unpaired) electrons. The number of nitrogens with one attached hydrogen (secondary N) is 1. The molecule has 1 aromatic rings. The Labute approximate surface area is 89.0 Å². The Bertz CT molecular complexity index is 436. The molecule has 1 amide bonds. The van der Waals surface area contributed by atoms with Crippen molar-refractivity contribution in [2.75, 3.05) is 7.05 Å². The number of rotatable bonds is 2. The molecule has 7 heteroatoms. The van der Waals surface area contributed by atoms with Gasteiger partial charge in [0.1, 0.15) is 0 Å². The summed E-state index contributed by atoms with van der Waals surface area (Å²) >= 11 is 5.56. The fourth-order valence-corrected chi connectivity index (χ4v) is 1.22. The number of hydrogen-bond acceptors (Lipinski definition) is 3. The van der Waals surface area contributed by atoms with E-state index in [-0.39, 0.29) is 10.6 Å². The van der Waals surface area contributed by atoms with Crippen LogP contribution in [0.5, 0.6) is 0 Å². The van der Waals surface area contributed by atoms with E-state index in [0.717, 1.165) is 12.1 Å². The van der Waals surface area contributed by atoms with Gasteiger partial charge in [0.2, 0.25) is 5.82 Å². The Morgan fingerprint density at radius 2 is 2.20 bits per heavy atom. The zero-order valence-electron chi connectivity index (χ0n) is 7.58. The molecule has 1 aromatic carbocycles. The highest BCUT2D eigenvalue weighted by Crippen LogP contribution is 2.25. The van der Waals surface area contributed by atoms with E-state index in [1.165, 1.54) is 7.05 Å². The van der Waals surface area contributed by atoms with Crippen LogP contribution in [0.4, 0.5) is 10.1 Å². The smallest absolute Gasteiger partial charge is 0.305 e. The Hall–Kier alpha value is -1.69. The Kier molecular flexibility index (Phi) is 3.21. The van der Waals surface area contributed by atoms with Crippen LogP contribution in [-0.2, 0) is 0 Å². The van der Waals surface area contributed by atoms with Crippen LogP contribution in [0.1, 0.15) is 10.4 Å². The molecule has 0 saturated heterocycles. The van der Waals surface area contributed by atoms with Crippen molar-refractivity contribution in [2.24, 2.45) is 0 Å². The summed E-state index contributed by atoms with van der Waals surface area (Å²) in [7, 11) is 1.34. The van der Waals surface area contributed by atoms with E-state index in [4.69, 9.17) is 11.6 Å². The van der Waals surface area contributed by atoms with E-state index >= 15 is 0 Å². The molecule has 1 N–H and O–H groups in total. The Morgan fingerprint density at radius 3 is 2.67 bits per heavy atom. The molecule has 0 heterocycles. The van der Waals surface area contributed by atoms with Crippen LogP contribution in [-0.4, -0.2) is 17.9 Å². The predicted molar refractivity (Wildman–Crippen MR) is 51.5 cm³/mol. The normalized spacial score (nSPS) is 9.80. The summed E-state index contributed by atoms with van der Waals surface area (Å²) in [4.78, 5) is 20.6. The molecule has 15 heavy (non-hydrogen) atoms. The third kappa shape index (κ3) is 2.21. The summed E-state index contributed by atoms with van der Waals surface area (Å²) < 4.78 is 13.0. The number of carbonyl (C=O) groups excluding carboxylic acids is 1. The molecule has 80 valence electrons. The average Bonchev–Trinajstić information content (AvgIpc) is 2.16. The second-order valence-electron chi connectivity index (χ2n) is 2.62. The lowest BCUT2D eigenvalue weighted by Crippen LogP contribution is -2.18. The summed E-state index contributed by atoms with van der Waals surface area (Å²) in [5.41, 5.74) is -0.912. The minimum Gasteiger partial charge on any atom is -0.355 e. The molecule has 0 bridgehead atoms. The van der Waals surface area contributed by atoms with Crippen molar-refractivity contribution in [1.82, 2.24) is 5.32 Å². The van der Waals surface area contributed by atoms with Gasteiger partial charge in [-0.2, -0.15) is 4.39 Å². The van der Waals surface area contributed by atoms with E-state index in [2.05, 4.69) is 5.32 Å². The van der Waals surface area contributed by atoms with E-state index < -0.39 is 22.3 Å². The van der Waals surface area contributed by atoms with Crippen molar-refractivity contribution in [3.63, 3.8) is 0 Å². The second-order valence-corrected chi connectivity index (χ2v) is 3.03. The highest BCUT2D eigenvalue weighted by molar-refractivity contribution is 6.33. The van der Waals surface area contributed by atoms with Gasteiger partial charge in [-0.1, -0.05) is 11.6 Å². The molecule has 0 fully saturated rings. The third-order valence-electron chi connectivity index (χ3n) is 1.70. The number of halogens is 2. The SMILES string of the molecule is CNC(=O)c1cc([N+](=O)[O-])c(F)cc1Cl. The van der Waals surface area contributed by atoms with Crippen LogP contribution in [0.25, 0.3) is 0 Å². The number of nitro benzene ring substituents is 1. The zero-order chi connectivity index (χ0) is 11.6. The van der Waals surface area contributed by atoms with E-state index in [9.17, 15) is 19.3 Å². The van der Waals surface area contributed by atoms with Crippen LogP contribution in [0.15, 0.2) is 12.1 Å². The molecule has 0 aliphatic heterocycles. The highest BCUT2D eigenvalue weighted by atomic mass is 35.5. The second kappa shape index (κ2) is 4.22. The van der Waals surface area contributed by atoms with Gasteiger partial charge >= 0.3 is 5.69 Å². The summed E-state index contributed by atoms with van der Waals surface area (Å²) in [6.45, 7) is 0. The van der Waals surface area contributed by atoms with E-state index in [1.807, 2.05) is 0 Å². The summed E-state index contributed by atoms with van der Waals surface area (Å²) in [5.74, 6) is -1.68. The maximum atomic E-state index is 13.0. The van der Waals surface area contributed by atoms with Gasteiger partial charge in [-0.3, -0.25) is 14.9 Å². The molecule has 0 aromatic heterocycles. The number of nitro groups is 1. The lowest BCUT2D eigenvalue weighted by molar-refractivity contribution is -0.387. The molecular formula is C8H6ClFN2O3. The first-order valence-electron chi connectivity index (χ1n) is 3.83. The summed E-state index contributed by atoms with van der Waals surface area (Å²) in [6, 6.07) is 1.54. The van der Waals surface area contributed by atoms with Crippen molar-refractivity contribution >= 4 is 23.2 Å². The fourth-order valence-electron chi connectivity index (χ4n) is 0.986. The molecule has 0 unspecified atom stereocenters. The topological polar surface area (TPSA) is 72.2 Å². The summed E-state index contributed by atoms with van der Waals surface area (Å²) in [6.07, 6.45) is 0. The molecule has 1 rings (SSSR count). The number of carbonyl (C=O) groups is 1. The molecule has 5 nitrogen and oxygen atoms in total. The van der Waals surface area contributed by atoms with Gasteiger partial charge < -0.3 is 5.32 Å². The Morgan fingerprint density at radius 1 is 1.60 bits per heavy atom. The van der Waals surface area contributed by atoms with Crippen LogP contribution in [0.3, 0.4) is 0 Å². The largest absolute Gasteiger partial charge is 0.355 e. The van der Waals surface area contributed by atoms with Crippen LogP contribution in [0, 0.1) is 15.9 Å². The van der Waals surface area contributed by atoms with Gasteiger partial charge in [0.25, 0.3) is 5.91 Å². The number of hydrogen-bond donors (Lipinski definition) is 1. The predicted octanol–water partition coefficient (Wildman–Crippen LogP) is 1.75. The van der Waals surface area contributed by atoms with Gasteiger partial charge in [0, 0.05) is 19.2 Å². The van der Waals surface area contributed by atoms with Gasteiger partial charge in [0.15, 0.2) is 0 Å². The number of amides is 1. The van der Waals surface area contributed by atoms with Crippen molar-refractivity contribution < 1.29 is 14.1 Å². The minimum atomic E-state index is -1.07. The standard InChI is InChI=1S/C8H6ClFN2O3/c1-11-8(13)4-2-7(12(14)15)6(10)3-5(4)9/h2-3H,1H3,(H,11,13). The van der Waals surface area contributed by atoms with Crippen LogP contribution < -0.4 is 5.32 Å². The molecule has 0 saturated carbocycles. The average molecular weight is 233 g/mol. The van der Waals surface area contributed by atoms with Crippen molar-refractivity contribution in [3.05, 3.63) is 38.7 Å². The molecule has 0 spiro atoms. The van der Waals surface area contributed by atoms with E-state index in [0.29, 0.717) is 0 Å². The van der Waals surface area contributed by atoms with Crippen molar-refractivity contribution in [3.8, 4) is 0 Å². The lowest BCUT2D eigenvalue weighted by atomic mass is 10.2. The van der Waals surface area contributed by atoms with Crippen molar-refractivity contribution in [1.29, 1.82) is 0 Å². The number of benzene rings is 1. The molecule has 0 aliphatic carbocycles. The van der Waals surface area contributed by atoms with Crippen LogP contribution in [0.2, 0.25) is 5.02 Å². The Balaban J connectivity index is 3.36. The molecular weight excluding hydrogens is 227 g/mol. The molecule has 0 atom stereocenters. The first kappa shape index (κ1) is 11.4. The van der Waals surface area contributed by atoms with Gasteiger partial charge in [0.05, 0.1) is 15.5 Å². The van der Waals surface area contributed by atoms with E-state index in [1.54, 1.807) is 0 Å². The zero-order valence-corrected chi connectivity index (χ0v) is 8.34. The van der Waals surface area contributed by atoms with Gasteiger partial charge in [-0.25, -0.2) is 0 Å².